The summed E-state index contributed by atoms with van der Waals surface area (Å²) in [6, 6.07) is 29.6. The number of esters is 1. The summed E-state index contributed by atoms with van der Waals surface area (Å²) in [6.07, 6.45) is 0.336. The smallest absolute Gasteiger partial charge is 0.409 e. The van der Waals surface area contributed by atoms with Crippen molar-refractivity contribution in [2.45, 2.75) is 18.9 Å². The molecule has 43 heavy (non-hydrogen) atoms. The van der Waals surface area contributed by atoms with Crippen LogP contribution in [0.15, 0.2) is 97.1 Å². The van der Waals surface area contributed by atoms with Gasteiger partial charge in [0.2, 0.25) is 0 Å². The van der Waals surface area contributed by atoms with E-state index in [1.165, 1.54) is 26.4 Å². The Morgan fingerprint density at radius 1 is 0.860 bits per heavy atom. The summed E-state index contributed by atoms with van der Waals surface area (Å²) < 4.78 is 32.7. The van der Waals surface area contributed by atoms with E-state index in [1.54, 1.807) is 29.2 Å². The number of aromatic nitrogens is 1. The molecule has 8 heteroatoms. The molecule has 2 heterocycles. The van der Waals surface area contributed by atoms with Crippen LogP contribution >= 0.6 is 0 Å². The third kappa shape index (κ3) is 5.44. The fourth-order valence-corrected chi connectivity index (χ4v) is 5.90. The average Bonchev–Trinajstić information content (AvgIpc) is 3.68. The Kier molecular flexibility index (Phi) is 7.83. The molecule has 6 rings (SSSR count). The monoisotopic (exact) mass is 578 g/mol. The van der Waals surface area contributed by atoms with Crippen LogP contribution in [0.3, 0.4) is 0 Å². The van der Waals surface area contributed by atoms with E-state index in [9.17, 15) is 14.0 Å². The molecular formula is C35H31FN2O5. The van der Waals surface area contributed by atoms with Gasteiger partial charge in [-0.1, -0.05) is 48.5 Å². The van der Waals surface area contributed by atoms with Crippen molar-refractivity contribution in [3.63, 3.8) is 0 Å². The highest BCUT2D eigenvalue weighted by atomic mass is 19.1. The van der Waals surface area contributed by atoms with Gasteiger partial charge >= 0.3 is 12.1 Å². The quantitative estimate of drug-likeness (QED) is 0.189. The molecule has 0 N–H and O–H groups in total. The van der Waals surface area contributed by atoms with E-state index >= 15 is 0 Å². The Balaban J connectivity index is 1.60. The summed E-state index contributed by atoms with van der Waals surface area (Å²) >= 11 is 0. The largest absolute Gasteiger partial charge is 0.488 e. The van der Waals surface area contributed by atoms with Crippen molar-refractivity contribution in [1.82, 2.24) is 9.47 Å². The highest BCUT2D eigenvalue weighted by Crippen LogP contribution is 2.46. The number of nitrogens with zero attached hydrogens (tertiary/aromatic N) is 2. The number of fused-ring (bicyclic) bond motifs is 1. The minimum Gasteiger partial charge on any atom is -0.488 e. The lowest BCUT2D eigenvalue weighted by Gasteiger charge is -2.19. The van der Waals surface area contributed by atoms with Gasteiger partial charge in [-0.3, -0.25) is 0 Å². The molecule has 0 radical (unpaired) electrons. The number of hydrogen-bond donors (Lipinski definition) is 0. The summed E-state index contributed by atoms with van der Waals surface area (Å²) in [5.74, 6) is -0.117. The van der Waals surface area contributed by atoms with Gasteiger partial charge in [0.05, 0.1) is 30.7 Å². The number of halogens is 1. The second kappa shape index (κ2) is 12.0. The number of methoxy groups -OCH3 is 2. The van der Waals surface area contributed by atoms with E-state index in [1.807, 2.05) is 60.7 Å². The Labute approximate surface area is 249 Å². The van der Waals surface area contributed by atoms with E-state index in [2.05, 4.69) is 4.57 Å². The molecular weight excluding hydrogens is 547 g/mol. The number of ether oxygens (including phenoxy) is 3. The predicted molar refractivity (Wildman–Crippen MR) is 162 cm³/mol. The van der Waals surface area contributed by atoms with Crippen molar-refractivity contribution in [3.05, 3.63) is 120 Å². The van der Waals surface area contributed by atoms with E-state index in [0.717, 1.165) is 39.0 Å². The molecule has 1 aromatic heterocycles. The van der Waals surface area contributed by atoms with Crippen molar-refractivity contribution in [2.24, 2.45) is 0 Å². The Morgan fingerprint density at radius 2 is 1.60 bits per heavy atom. The average molecular weight is 579 g/mol. The number of carbonyl (C=O) groups excluding carboxylic acids is 2. The fourth-order valence-electron chi connectivity index (χ4n) is 5.90. The zero-order valence-corrected chi connectivity index (χ0v) is 24.0. The van der Waals surface area contributed by atoms with Crippen LogP contribution in [0.25, 0.3) is 27.7 Å². The Morgan fingerprint density at radius 3 is 2.30 bits per heavy atom. The standard InChI is InChI=1S/C35H31FN2O5/c1-41-34(39)25-13-11-24(12-14-25)31-32-29(9-6-10-30(32)43-22-23-7-4-3-5-8-23)38(28-17-15-27(36)16-18-28)33(31)26-19-20-37(21-26)35(40)42-2/h3-18,26H,19-22H2,1-2H3. The van der Waals surface area contributed by atoms with Gasteiger partial charge in [0.1, 0.15) is 18.2 Å². The first-order valence-corrected chi connectivity index (χ1v) is 14.1. The number of likely N-dealkylation sites (tertiary alicyclic amines) is 1. The van der Waals surface area contributed by atoms with Gasteiger partial charge < -0.3 is 23.7 Å². The summed E-state index contributed by atoms with van der Waals surface area (Å²) in [7, 11) is 2.74. The van der Waals surface area contributed by atoms with Crippen molar-refractivity contribution >= 4 is 23.0 Å². The van der Waals surface area contributed by atoms with Crippen molar-refractivity contribution in [3.8, 4) is 22.6 Å². The zero-order chi connectivity index (χ0) is 29.9. The highest BCUT2D eigenvalue weighted by molar-refractivity contribution is 6.04. The Bertz CT molecular complexity index is 1760. The van der Waals surface area contributed by atoms with Crippen molar-refractivity contribution in [1.29, 1.82) is 0 Å². The molecule has 7 nitrogen and oxygen atoms in total. The third-order valence-electron chi connectivity index (χ3n) is 7.92. The lowest BCUT2D eigenvalue weighted by Crippen LogP contribution is -2.28. The first kappa shape index (κ1) is 28.0. The maximum absolute atomic E-state index is 14.1. The van der Waals surface area contributed by atoms with Crippen LogP contribution in [0.1, 0.15) is 34.0 Å². The molecule has 1 unspecified atom stereocenters. The number of hydrogen-bond acceptors (Lipinski definition) is 5. The van der Waals surface area contributed by atoms with E-state index in [0.29, 0.717) is 37.4 Å². The maximum atomic E-state index is 14.1. The maximum Gasteiger partial charge on any atom is 0.409 e. The van der Waals surface area contributed by atoms with Gasteiger partial charge in [-0.15, -0.1) is 0 Å². The lowest BCUT2D eigenvalue weighted by molar-refractivity contribution is 0.0600. The molecule has 1 saturated heterocycles. The summed E-state index contributed by atoms with van der Waals surface area (Å²) in [5, 5.41) is 0.889. The van der Waals surface area contributed by atoms with Crippen LogP contribution in [-0.2, 0) is 16.1 Å². The molecule has 218 valence electrons. The second-order valence-corrected chi connectivity index (χ2v) is 10.5. The molecule has 5 aromatic rings. The highest BCUT2D eigenvalue weighted by Gasteiger charge is 2.34. The molecule has 0 aliphatic carbocycles. The second-order valence-electron chi connectivity index (χ2n) is 10.5. The van der Waals surface area contributed by atoms with Gasteiger partial charge in [0.15, 0.2) is 0 Å². The summed E-state index contributed by atoms with van der Waals surface area (Å²) in [4.78, 5) is 26.5. The van der Waals surface area contributed by atoms with Crippen molar-refractivity contribution < 1.29 is 28.2 Å². The number of amides is 1. The fraction of sp³-hybridized carbons (Fsp3) is 0.200. The SMILES string of the molecule is COC(=O)c1ccc(-c2c(C3CCN(C(=O)OC)C3)n(-c3ccc(F)cc3)c3cccc(OCc4ccccc4)c23)cc1. The molecule has 4 aromatic carbocycles. The van der Waals surface area contributed by atoms with Crippen LogP contribution in [0.2, 0.25) is 0 Å². The third-order valence-corrected chi connectivity index (χ3v) is 7.92. The van der Waals surface area contributed by atoms with Crippen LogP contribution in [-0.4, -0.2) is 48.8 Å². The van der Waals surface area contributed by atoms with Gasteiger partial charge in [-0.2, -0.15) is 0 Å². The minimum atomic E-state index is -0.420. The molecule has 1 aliphatic rings. The number of carbonyl (C=O) groups is 2. The lowest BCUT2D eigenvalue weighted by atomic mass is 9.93. The van der Waals surface area contributed by atoms with Gasteiger partial charge in [0, 0.05) is 36.0 Å². The summed E-state index contributed by atoms with van der Waals surface area (Å²) in [6.45, 7) is 1.37. The van der Waals surface area contributed by atoms with Crippen LogP contribution < -0.4 is 4.74 Å². The van der Waals surface area contributed by atoms with E-state index in [4.69, 9.17) is 14.2 Å². The topological polar surface area (TPSA) is 70.0 Å². The summed E-state index contributed by atoms with van der Waals surface area (Å²) in [5.41, 5.74) is 5.91. The molecule has 0 spiro atoms. The van der Waals surface area contributed by atoms with E-state index in [-0.39, 0.29) is 17.8 Å². The van der Waals surface area contributed by atoms with Crippen LogP contribution in [0.4, 0.5) is 9.18 Å². The van der Waals surface area contributed by atoms with E-state index < -0.39 is 5.97 Å². The normalized spacial score (nSPS) is 14.6. The number of rotatable bonds is 7. The molecule has 1 fully saturated rings. The molecule has 0 bridgehead atoms. The molecule has 1 aliphatic heterocycles. The van der Waals surface area contributed by atoms with Gasteiger partial charge in [-0.25, -0.2) is 14.0 Å². The molecule has 1 amide bonds. The molecule has 1 atom stereocenters. The number of benzene rings is 4. The first-order valence-electron chi connectivity index (χ1n) is 14.1. The minimum absolute atomic E-state index is 0.0613. The van der Waals surface area contributed by atoms with Gasteiger partial charge in [0.25, 0.3) is 0 Å². The zero-order valence-electron chi connectivity index (χ0n) is 24.0. The van der Waals surface area contributed by atoms with Crippen LogP contribution in [0.5, 0.6) is 5.75 Å². The Hall–Kier alpha value is -5.11. The van der Waals surface area contributed by atoms with Crippen LogP contribution in [0, 0.1) is 5.82 Å². The van der Waals surface area contributed by atoms with Gasteiger partial charge in [-0.05, 0) is 66.1 Å². The predicted octanol–water partition coefficient (Wildman–Crippen LogP) is 7.36. The molecule has 0 saturated carbocycles. The van der Waals surface area contributed by atoms with Crippen molar-refractivity contribution in [2.75, 3.05) is 27.3 Å². The first-order chi connectivity index (χ1) is 21.0.